The number of aromatic nitrogens is 6. The van der Waals surface area contributed by atoms with Crippen molar-refractivity contribution in [1.29, 1.82) is 0 Å². The van der Waals surface area contributed by atoms with Crippen LogP contribution in [-0.2, 0) is 5.41 Å². The van der Waals surface area contributed by atoms with Crippen LogP contribution in [0.4, 0.5) is 0 Å². The molecule has 0 fully saturated rings. The summed E-state index contributed by atoms with van der Waals surface area (Å²) in [5.41, 5.74) is 12.7. The molecule has 0 aliphatic rings. The highest BCUT2D eigenvalue weighted by Crippen LogP contribution is 2.48. The lowest BCUT2D eigenvalue weighted by Crippen LogP contribution is -2.10. The largest absolute Gasteiger partial charge is 0.208 e. The molecule has 6 nitrogen and oxygen atoms in total. The van der Waals surface area contributed by atoms with Crippen molar-refractivity contribution in [3.8, 4) is 102 Å². The zero-order valence-electron chi connectivity index (χ0n) is 40.2. The Balaban J connectivity index is 1.16. The second kappa shape index (κ2) is 18.6. The molecule has 72 heavy (non-hydrogen) atoms. The Hall–Kier alpha value is -9.26. The molecular formula is C66H48N6. The lowest BCUT2D eigenvalue weighted by atomic mass is 9.81. The van der Waals surface area contributed by atoms with E-state index in [2.05, 4.69) is 203 Å². The first-order valence-electron chi connectivity index (χ1n) is 24.4. The van der Waals surface area contributed by atoms with E-state index in [-0.39, 0.29) is 5.41 Å². The Morgan fingerprint density at radius 3 is 1.11 bits per heavy atom. The van der Waals surface area contributed by atoms with Crippen LogP contribution < -0.4 is 0 Å². The third-order valence-electron chi connectivity index (χ3n) is 13.4. The molecule has 12 aromatic rings. The molecule has 0 bridgehead atoms. The van der Waals surface area contributed by atoms with Gasteiger partial charge in [0, 0.05) is 38.9 Å². The molecule has 2 heterocycles. The average Bonchev–Trinajstić information content (AvgIpc) is 3.44. The van der Waals surface area contributed by atoms with Crippen LogP contribution >= 0.6 is 0 Å². The van der Waals surface area contributed by atoms with Crippen molar-refractivity contribution in [3.05, 3.63) is 242 Å². The summed E-state index contributed by atoms with van der Waals surface area (Å²) >= 11 is 0. The minimum Gasteiger partial charge on any atom is -0.208 e. The number of nitrogens with zero attached hydrogens (tertiary/aromatic N) is 6. The van der Waals surface area contributed by atoms with Crippen LogP contribution in [0.25, 0.3) is 123 Å². The highest BCUT2D eigenvalue weighted by atomic mass is 15.0. The summed E-state index contributed by atoms with van der Waals surface area (Å²) in [6.07, 6.45) is 0. The smallest absolute Gasteiger partial charge is 0.164 e. The van der Waals surface area contributed by atoms with E-state index in [4.69, 9.17) is 29.9 Å². The summed E-state index contributed by atoms with van der Waals surface area (Å²) in [7, 11) is 0. The molecule has 12 rings (SSSR count). The third kappa shape index (κ3) is 8.60. The van der Waals surface area contributed by atoms with Crippen LogP contribution in [0.5, 0.6) is 0 Å². The SMILES string of the molecule is CC(C)(C)c1ccc(-c2c(-c3ccccc3-c3nc(-c4ccccc4)nc(-c4ccc5ccccc5c4)n3)ccc(-c3nc(-c4ccccc4)nc(-c4ccccc4)n3)c2-c2ccc3ccccc3c2)cc1. The summed E-state index contributed by atoms with van der Waals surface area (Å²) in [6, 6.07) is 82.5. The van der Waals surface area contributed by atoms with Crippen molar-refractivity contribution in [2.75, 3.05) is 0 Å². The molecule has 0 aliphatic heterocycles. The van der Waals surface area contributed by atoms with Crippen molar-refractivity contribution in [1.82, 2.24) is 29.9 Å². The van der Waals surface area contributed by atoms with Gasteiger partial charge in [0.25, 0.3) is 0 Å². The van der Waals surface area contributed by atoms with Gasteiger partial charge in [-0.3, -0.25) is 0 Å². The minimum atomic E-state index is -0.0541. The first-order valence-corrected chi connectivity index (χ1v) is 24.4. The maximum atomic E-state index is 5.34. The molecule has 342 valence electrons. The number of benzene rings is 10. The van der Waals surface area contributed by atoms with Gasteiger partial charge in [-0.1, -0.05) is 239 Å². The van der Waals surface area contributed by atoms with E-state index in [9.17, 15) is 0 Å². The predicted molar refractivity (Wildman–Crippen MR) is 296 cm³/mol. The first-order chi connectivity index (χ1) is 35.3. The van der Waals surface area contributed by atoms with Gasteiger partial charge in [0.05, 0.1) is 0 Å². The highest BCUT2D eigenvalue weighted by Gasteiger charge is 2.26. The highest BCUT2D eigenvalue weighted by molar-refractivity contribution is 6.04. The van der Waals surface area contributed by atoms with Crippen molar-refractivity contribution >= 4 is 21.5 Å². The second-order valence-corrected chi connectivity index (χ2v) is 19.1. The fourth-order valence-corrected chi connectivity index (χ4v) is 9.61. The summed E-state index contributed by atoms with van der Waals surface area (Å²) in [6.45, 7) is 6.76. The van der Waals surface area contributed by atoms with E-state index >= 15 is 0 Å². The molecule has 0 radical (unpaired) electrons. The molecule has 0 spiro atoms. The predicted octanol–water partition coefficient (Wildman–Crippen LogP) is 16.7. The summed E-state index contributed by atoms with van der Waals surface area (Å²) in [5.74, 6) is 3.54. The van der Waals surface area contributed by atoms with Gasteiger partial charge in [0.15, 0.2) is 34.9 Å². The molecule has 0 saturated carbocycles. The molecule has 0 aliphatic carbocycles. The van der Waals surface area contributed by atoms with Gasteiger partial charge < -0.3 is 0 Å². The van der Waals surface area contributed by atoms with Crippen LogP contribution in [0.15, 0.2) is 237 Å². The van der Waals surface area contributed by atoms with Gasteiger partial charge in [0.2, 0.25) is 0 Å². The van der Waals surface area contributed by atoms with Crippen molar-refractivity contribution in [2.24, 2.45) is 0 Å². The summed E-state index contributed by atoms with van der Waals surface area (Å²) < 4.78 is 0. The van der Waals surface area contributed by atoms with Crippen LogP contribution in [0.3, 0.4) is 0 Å². The van der Waals surface area contributed by atoms with E-state index in [0.29, 0.717) is 34.9 Å². The maximum absolute atomic E-state index is 5.34. The van der Waals surface area contributed by atoms with Gasteiger partial charge >= 0.3 is 0 Å². The van der Waals surface area contributed by atoms with Gasteiger partial charge in [-0.05, 0) is 78.5 Å². The number of fused-ring (bicyclic) bond motifs is 2. The van der Waals surface area contributed by atoms with Gasteiger partial charge in [-0.2, -0.15) is 0 Å². The number of rotatable bonds is 9. The quantitative estimate of drug-likeness (QED) is 0.144. The number of hydrogen-bond donors (Lipinski definition) is 0. The zero-order chi connectivity index (χ0) is 48.6. The van der Waals surface area contributed by atoms with Gasteiger partial charge in [0.1, 0.15) is 0 Å². The topological polar surface area (TPSA) is 77.3 Å². The standard InChI is InChI=1S/C66H48N6/c1-66(2,3)53-37-35-45(36-38-53)58-55(54-29-17-18-30-56(54)64-69-62(48-25-11-6-12-26-48)68-63(72-64)52-34-32-44-20-14-16-28-50(44)42-52)39-40-57(59(58)51-33-31-43-19-13-15-27-49(43)41-51)65-70-60(46-21-7-4-8-22-46)67-61(71-65)47-23-9-5-10-24-47/h4-42H,1-3H3. The molecule has 6 heteroatoms. The Labute approximate surface area is 419 Å². The molecule has 2 aromatic heterocycles. The molecule has 0 N–H and O–H groups in total. The Morgan fingerprint density at radius 1 is 0.236 bits per heavy atom. The van der Waals surface area contributed by atoms with Gasteiger partial charge in [-0.15, -0.1) is 0 Å². The number of hydrogen-bond acceptors (Lipinski definition) is 6. The van der Waals surface area contributed by atoms with Gasteiger partial charge in [-0.25, -0.2) is 29.9 Å². The Morgan fingerprint density at radius 2 is 0.597 bits per heavy atom. The fourth-order valence-electron chi connectivity index (χ4n) is 9.61. The van der Waals surface area contributed by atoms with Crippen LogP contribution in [0.2, 0.25) is 0 Å². The van der Waals surface area contributed by atoms with Crippen molar-refractivity contribution in [3.63, 3.8) is 0 Å². The molecule has 0 unspecified atom stereocenters. The van der Waals surface area contributed by atoms with Crippen molar-refractivity contribution < 1.29 is 0 Å². The van der Waals surface area contributed by atoms with E-state index in [1.165, 1.54) is 5.56 Å². The summed E-state index contributed by atoms with van der Waals surface area (Å²) in [5, 5.41) is 4.56. The van der Waals surface area contributed by atoms with E-state index in [0.717, 1.165) is 88.3 Å². The van der Waals surface area contributed by atoms with Crippen LogP contribution in [-0.4, -0.2) is 29.9 Å². The molecular weight excluding hydrogens is 877 g/mol. The lowest BCUT2D eigenvalue weighted by Gasteiger charge is -2.23. The molecule has 0 saturated heterocycles. The third-order valence-corrected chi connectivity index (χ3v) is 13.4. The Bertz CT molecular complexity index is 3880. The van der Waals surface area contributed by atoms with Crippen LogP contribution in [0, 0.1) is 0 Å². The fraction of sp³-hybridized carbons (Fsp3) is 0.0606. The zero-order valence-corrected chi connectivity index (χ0v) is 40.2. The monoisotopic (exact) mass is 924 g/mol. The maximum Gasteiger partial charge on any atom is 0.164 e. The second-order valence-electron chi connectivity index (χ2n) is 19.1. The van der Waals surface area contributed by atoms with Crippen molar-refractivity contribution in [2.45, 2.75) is 26.2 Å². The average molecular weight is 925 g/mol. The van der Waals surface area contributed by atoms with E-state index in [1.54, 1.807) is 0 Å². The summed E-state index contributed by atoms with van der Waals surface area (Å²) in [4.78, 5) is 31.6. The first kappa shape index (κ1) is 44.0. The molecule has 0 atom stereocenters. The van der Waals surface area contributed by atoms with Crippen LogP contribution in [0.1, 0.15) is 26.3 Å². The minimum absolute atomic E-state index is 0.0541. The molecule has 0 amide bonds. The van der Waals surface area contributed by atoms with E-state index < -0.39 is 0 Å². The Kier molecular flexibility index (Phi) is 11.3. The lowest BCUT2D eigenvalue weighted by molar-refractivity contribution is 0.590. The normalized spacial score (nSPS) is 11.5. The van der Waals surface area contributed by atoms with E-state index in [1.807, 2.05) is 54.6 Å². The molecule has 10 aromatic carbocycles.